The molecule has 4 rings (SSSR count). The quantitative estimate of drug-likeness (QED) is 0.899. The van der Waals surface area contributed by atoms with Gasteiger partial charge in [-0.25, -0.2) is 9.97 Å². The molecule has 0 radical (unpaired) electrons. The number of anilines is 1. The summed E-state index contributed by atoms with van der Waals surface area (Å²) < 4.78 is 0. The van der Waals surface area contributed by atoms with Crippen molar-refractivity contribution in [1.82, 2.24) is 9.97 Å². The van der Waals surface area contributed by atoms with Gasteiger partial charge in [0.05, 0.1) is 11.3 Å². The molecular weight excluding hydrogens is 322 g/mol. The van der Waals surface area contributed by atoms with E-state index in [1.165, 1.54) is 25.7 Å². The van der Waals surface area contributed by atoms with Crippen LogP contribution in [0.25, 0.3) is 0 Å². The predicted molar refractivity (Wildman–Crippen MR) is 94.8 cm³/mol. The summed E-state index contributed by atoms with van der Waals surface area (Å²) in [6.45, 7) is 0. The van der Waals surface area contributed by atoms with Gasteiger partial charge in [-0.3, -0.25) is 4.79 Å². The van der Waals surface area contributed by atoms with Crippen LogP contribution in [0.1, 0.15) is 59.6 Å². The normalized spacial score (nSPS) is 20.9. The SMILES string of the molecule is O=C1C[C@H](c2ccccc2Cl)Cc2nc(NC3CCCC3)ncc21. The van der Waals surface area contributed by atoms with Crippen LogP contribution in [0.3, 0.4) is 0 Å². The molecule has 2 aliphatic rings. The molecule has 0 unspecified atom stereocenters. The Morgan fingerprint density at radius 2 is 1.92 bits per heavy atom. The highest BCUT2D eigenvalue weighted by Crippen LogP contribution is 2.35. The average Bonchev–Trinajstić information content (AvgIpc) is 3.08. The van der Waals surface area contributed by atoms with Crippen molar-refractivity contribution in [1.29, 1.82) is 0 Å². The molecule has 0 bridgehead atoms. The Bertz CT molecular complexity index is 771. The fourth-order valence-corrected chi connectivity index (χ4v) is 4.08. The lowest BCUT2D eigenvalue weighted by molar-refractivity contribution is 0.0963. The van der Waals surface area contributed by atoms with E-state index in [-0.39, 0.29) is 11.7 Å². The summed E-state index contributed by atoms with van der Waals surface area (Å²) in [5, 5.41) is 4.13. The lowest BCUT2D eigenvalue weighted by Crippen LogP contribution is -2.23. The molecule has 2 aliphatic carbocycles. The molecule has 24 heavy (non-hydrogen) atoms. The largest absolute Gasteiger partial charge is 0.351 e. The third-order valence-electron chi connectivity index (χ3n) is 5.07. The van der Waals surface area contributed by atoms with E-state index in [1.54, 1.807) is 6.20 Å². The van der Waals surface area contributed by atoms with E-state index in [0.29, 0.717) is 24.0 Å². The van der Waals surface area contributed by atoms with Gasteiger partial charge in [-0.2, -0.15) is 0 Å². The molecule has 5 heteroatoms. The number of nitrogens with one attached hydrogen (secondary N) is 1. The summed E-state index contributed by atoms with van der Waals surface area (Å²) in [5.74, 6) is 0.842. The lowest BCUT2D eigenvalue weighted by Gasteiger charge is -2.24. The number of aromatic nitrogens is 2. The zero-order valence-electron chi connectivity index (χ0n) is 13.5. The molecule has 1 aromatic heterocycles. The third kappa shape index (κ3) is 3.03. The summed E-state index contributed by atoms with van der Waals surface area (Å²) in [5.41, 5.74) is 2.53. The van der Waals surface area contributed by atoms with Crippen LogP contribution in [0.5, 0.6) is 0 Å². The first kappa shape index (κ1) is 15.6. The van der Waals surface area contributed by atoms with Gasteiger partial charge in [-0.05, 0) is 36.8 Å². The van der Waals surface area contributed by atoms with Crippen LogP contribution in [0.4, 0.5) is 5.95 Å². The second kappa shape index (κ2) is 6.52. The van der Waals surface area contributed by atoms with E-state index in [9.17, 15) is 4.79 Å². The van der Waals surface area contributed by atoms with Gasteiger partial charge in [0.25, 0.3) is 0 Å². The van der Waals surface area contributed by atoms with Crippen LogP contribution < -0.4 is 5.32 Å². The molecule has 1 saturated carbocycles. The van der Waals surface area contributed by atoms with Gasteiger partial charge in [0, 0.05) is 23.7 Å². The Balaban J connectivity index is 1.60. The number of rotatable bonds is 3. The highest BCUT2D eigenvalue weighted by molar-refractivity contribution is 6.31. The van der Waals surface area contributed by atoms with Gasteiger partial charge in [0.2, 0.25) is 5.95 Å². The number of halogens is 1. The number of Topliss-reactive ketones (excluding diaryl/α,β-unsaturated/α-hetero) is 1. The van der Waals surface area contributed by atoms with Crippen LogP contribution in [0.15, 0.2) is 30.5 Å². The highest BCUT2D eigenvalue weighted by atomic mass is 35.5. The van der Waals surface area contributed by atoms with E-state index in [2.05, 4.69) is 15.3 Å². The van der Waals surface area contributed by atoms with Gasteiger partial charge in [-0.15, -0.1) is 0 Å². The van der Waals surface area contributed by atoms with Crippen LogP contribution in [-0.4, -0.2) is 21.8 Å². The van der Waals surface area contributed by atoms with Crippen molar-refractivity contribution < 1.29 is 4.79 Å². The number of benzene rings is 1. The van der Waals surface area contributed by atoms with Crippen molar-refractivity contribution in [2.24, 2.45) is 0 Å². The first-order chi connectivity index (χ1) is 11.7. The van der Waals surface area contributed by atoms with E-state index < -0.39 is 0 Å². The van der Waals surface area contributed by atoms with Crippen LogP contribution in [0, 0.1) is 0 Å². The minimum atomic E-state index is 0.0907. The summed E-state index contributed by atoms with van der Waals surface area (Å²) in [6.07, 6.45) is 7.74. The molecule has 0 aliphatic heterocycles. The molecule has 1 aromatic carbocycles. The van der Waals surface area contributed by atoms with Crippen molar-refractivity contribution in [3.8, 4) is 0 Å². The molecule has 1 heterocycles. The second-order valence-electron chi connectivity index (χ2n) is 6.73. The van der Waals surface area contributed by atoms with Gasteiger partial charge < -0.3 is 5.32 Å². The Kier molecular flexibility index (Phi) is 4.23. The van der Waals surface area contributed by atoms with Crippen molar-refractivity contribution >= 4 is 23.3 Å². The standard InChI is InChI=1S/C19H20ClN3O/c20-16-8-4-3-7-14(16)12-9-17-15(18(24)10-12)11-21-19(23-17)22-13-5-1-2-6-13/h3-4,7-8,11-13H,1-2,5-6,9-10H2,(H,21,22,23)/t12-/m1/s1. The topological polar surface area (TPSA) is 54.9 Å². The smallest absolute Gasteiger partial charge is 0.223 e. The third-order valence-corrected chi connectivity index (χ3v) is 5.42. The Morgan fingerprint density at radius 3 is 2.71 bits per heavy atom. The van der Waals surface area contributed by atoms with E-state index >= 15 is 0 Å². The molecule has 1 fully saturated rings. The fourth-order valence-electron chi connectivity index (χ4n) is 3.79. The molecule has 0 saturated heterocycles. The Hall–Kier alpha value is -1.94. The van der Waals surface area contributed by atoms with Crippen molar-refractivity contribution in [2.45, 2.75) is 50.5 Å². The van der Waals surface area contributed by atoms with Gasteiger partial charge in [-0.1, -0.05) is 42.6 Å². The van der Waals surface area contributed by atoms with Crippen LogP contribution in [-0.2, 0) is 6.42 Å². The Morgan fingerprint density at radius 1 is 1.12 bits per heavy atom. The molecule has 1 atom stereocenters. The van der Waals surface area contributed by atoms with Gasteiger partial charge >= 0.3 is 0 Å². The average molecular weight is 342 g/mol. The zero-order valence-corrected chi connectivity index (χ0v) is 14.2. The van der Waals surface area contributed by atoms with Crippen molar-refractivity contribution in [3.05, 3.63) is 52.3 Å². The summed E-state index contributed by atoms with van der Waals surface area (Å²) in [7, 11) is 0. The van der Waals surface area contributed by atoms with Crippen molar-refractivity contribution in [3.63, 3.8) is 0 Å². The molecular formula is C19H20ClN3O. The van der Waals surface area contributed by atoms with E-state index in [4.69, 9.17) is 11.6 Å². The molecule has 0 amide bonds. The number of hydrogen-bond donors (Lipinski definition) is 1. The monoisotopic (exact) mass is 341 g/mol. The number of fused-ring (bicyclic) bond motifs is 1. The van der Waals surface area contributed by atoms with Gasteiger partial charge in [0.15, 0.2) is 5.78 Å². The molecule has 1 N–H and O–H groups in total. The minimum Gasteiger partial charge on any atom is -0.351 e. The van der Waals surface area contributed by atoms with Crippen molar-refractivity contribution in [2.75, 3.05) is 5.32 Å². The maximum Gasteiger partial charge on any atom is 0.223 e. The maximum atomic E-state index is 12.5. The zero-order chi connectivity index (χ0) is 16.5. The van der Waals surface area contributed by atoms with E-state index in [0.717, 1.165) is 22.7 Å². The number of carbonyl (C=O) groups is 1. The minimum absolute atomic E-state index is 0.0907. The highest BCUT2D eigenvalue weighted by Gasteiger charge is 2.29. The van der Waals surface area contributed by atoms with Gasteiger partial charge in [0.1, 0.15) is 0 Å². The number of hydrogen-bond acceptors (Lipinski definition) is 4. The predicted octanol–water partition coefficient (Wildman–Crippen LogP) is 4.40. The summed E-state index contributed by atoms with van der Waals surface area (Å²) in [6, 6.07) is 8.22. The lowest BCUT2D eigenvalue weighted by atomic mass is 9.82. The molecule has 0 spiro atoms. The first-order valence-corrected chi connectivity index (χ1v) is 8.98. The van der Waals surface area contributed by atoms with Crippen LogP contribution >= 0.6 is 11.6 Å². The van der Waals surface area contributed by atoms with E-state index in [1.807, 2.05) is 24.3 Å². The van der Waals surface area contributed by atoms with Crippen LogP contribution in [0.2, 0.25) is 5.02 Å². The Labute approximate surface area is 146 Å². The summed E-state index contributed by atoms with van der Waals surface area (Å²) >= 11 is 6.32. The fraction of sp³-hybridized carbons (Fsp3) is 0.421. The number of nitrogens with zero attached hydrogens (tertiary/aromatic N) is 2. The molecule has 4 nitrogen and oxygen atoms in total. The second-order valence-corrected chi connectivity index (χ2v) is 7.14. The summed E-state index contributed by atoms with van der Waals surface area (Å²) in [4.78, 5) is 21.5. The first-order valence-electron chi connectivity index (χ1n) is 8.61. The number of carbonyl (C=O) groups excluding carboxylic acids is 1. The molecule has 124 valence electrons. The number of ketones is 1. The maximum absolute atomic E-state index is 12.5. The molecule has 2 aromatic rings.